The smallest absolute Gasteiger partial charge is 0.0891 e. The Bertz CT molecular complexity index is 331. The van der Waals surface area contributed by atoms with Gasteiger partial charge >= 0.3 is 0 Å². The summed E-state index contributed by atoms with van der Waals surface area (Å²) >= 11 is 11.7. The fourth-order valence-corrected chi connectivity index (χ4v) is 4.54. The molecule has 2 aromatic rings. The second-order valence-electron chi connectivity index (χ2n) is 1.83. The van der Waals surface area contributed by atoms with Crippen LogP contribution >= 0.6 is 56.9 Å². The van der Waals surface area contributed by atoms with E-state index in [1.54, 1.807) is 22.7 Å². The summed E-state index contributed by atoms with van der Waals surface area (Å²) in [6.07, 6.45) is 0. The summed E-state index contributed by atoms with van der Waals surface area (Å²) < 4.78 is 2.60. The highest BCUT2D eigenvalue weighted by Crippen LogP contribution is 2.37. The molecule has 2 heterocycles. The van der Waals surface area contributed by atoms with Gasteiger partial charge in [0.25, 0.3) is 0 Å². The Labute approximate surface area is 85.0 Å². The average Bonchev–Trinajstić information content (AvgIpc) is 2.40. The maximum atomic E-state index is 5.93. The molecule has 4 heteroatoms. The van der Waals surface area contributed by atoms with Gasteiger partial charge in [0, 0.05) is 19.7 Å². The number of halogens is 2. The second-order valence-corrected chi connectivity index (χ2v) is 5.42. The van der Waals surface area contributed by atoms with E-state index in [0.717, 1.165) is 5.02 Å². The lowest BCUT2D eigenvalue weighted by Gasteiger charge is -1.80. The predicted molar refractivity (Wildman–Crippen MR) is 57.4 cm³/mol. The van der Waals surface area contributed by atoms with Crippen LogP contribution < -0.4 is 0 Å². The molecule has 0 nitrogen and oxygen atoms in total. The molecule has 0 aliphatic heterocycles. The molecular weight excluding hydrogens is 299 g/mol. The first-order valence-corrected chi connectivity index (χ1v) is 5.80. The summed E-state index contributed by atoms with van der Waals surface area (Å²) in [5.74, 6) is 0. The zero-order chi connectivity index (χ0) is 7.14. The van der Waals surface area contributed by atoms with E-state index in [9.17, 15) is 0 Å². The van der Waals surface area contributed by atoms with Gasteiger partial charge < -0.3 is 0 Å². The van der Waals surface area contributed by atoms with Crippen LogP contribution in [0.3, 0.4) is 0 Å². The van der Waals surface area contributed by atoms with Gasteiger partial charge in [-0.1, -0.05) is 11.6 Å². The fourth-order valence-electron chi connectivity index (χ4n) is 0.783. The molecule has 52 valence electrons. The highest BCUT2D eigenvalue weighted by atomic mass is 127. The number of hydrogen-bond donors (Lipinski definition) is 0. The summed E-state index contributed by atoms with van der Waals surface area (Å²) in [6, 6.07) is 0. The second kappa shape index (κ2) is 2.62. The zero-order valence-corrected chi connectivity index (χ0v) is 9.27. The molecule has 0 atom stereocenters. The number of thiophene rings is 2. The van der Waals surface area contributed by atoms with Crippen LogP contribution in [0.5, 0.6) is 0 Å². The molecule has 0 aliphatic rings. The first-order chi connectivity index (χ1) is 4.79. The van der Waals surface area contributed by atoms with Crippen molar-refractivity contribution in [2.24, 2.45) is 0 Å². The molecule has 2 rings (SSSR count). The Hall–Kier alpha value is 0.680. The van der Waals surface area contributed by atoms with E-state index in [-0.39, 0.29) is 0 Å². The molecule has 0 saturated carbocycles. The molecule has 0 aliphatic carbocycles. The summed E-state index contributed by atoms with van der Waals surface area (Å²) in [6.45, 7) is 0. The van der Waals surface area contributed by atoms with Crippen LogP contribution in [0.4, 0.5) is 0 Å². The molecular formula is C6H2ClIS2. The quantitative estimate of drug-likeness (QED) is 0.639. The van der Waals surface area contributed by atoms with E-state index in [0.29, 0.717) is 0 Å². The molecule has 0 saturated heterocycles. The minimum atomic E-state index is 0.894. The predicted octanol–water partition coefficient (Wildman–Crippen LogP) is 4.22. The molecule has 0 aromatic carbocycles. The topological polar surface area (TPSA) is 0 Å². The molecule has 0 spiro atoms. The molecule has 0 bridgehead atoms. The summed E-state index contributed by atoms with van der Waals surface area (Å²) in [5.41, 5.74) is 0. The van der Waals surface area contributed by atoms with Crippen LogP contribution in [-0.4, -0.2) is 0 Å². The Morgan fingerprint density at radius 3 is 2.70 bits per heavy atom. The first-order valence-electron chi connectivity index (χ1n) is 2.58. The van der Waals surface area contributed by atoms with E-state index in [2.05, 4.69) is 28.0 Å². The Balaban J connectivity index is 2.98. The maximum Gasteiger partial charge on any atom is 0.0891 e. The summed E-state index contributed by atoms with van der Waals surface area (Å²) in [4.78, 5) is 0. The van der Waals surface area contributed by atoms with Gasteiger partial charge in [-0.2, -0.15) is 0 Å². The van der Waals surface area contributed by atoms with Gasteiger partial charge in [-0.25, -0.2) is 0 Å². The van der Waals surface area contributed by atoms with E-state index in [4.69, 9.17) is 11.6 Å². The van der Waals surface area contributed by atoms with Crippen molar-refractivity contribution in [2.45, 2.75) is 0 Å². The lowest BCUT2D eigenvalue weighted by atomic mass is 10.4. The van der Waals surface area contributed by atoms with Gasteiger partial charge in [-0.05, 0) is 22.6 Å². The van der Waals surface area contributed by atoms with E-state index in [1.165, 1.54) is 13.0 Å². The minimum absolute atomic E-state index is 0.894. The van der Waals surface area contributed by atoms with E-state index >= 15 is 0 Å². The van der Waals surface area contributed by atoms with Crippen LogP contribution in [0.2, 0.25) is 5.02 Å². The van der Waals surface area contributed by atoms with Crippen molar-refractivity contribution >= 4 is 66.3 Å². The Morgan fingerprint density at radius 2 is 2.00 bits per heavy atom. The van der Waals surface area contributed by atoms with Crippen LogP contribution in [-0.2, 0) is 0 Å². The monoisotopic (exact) mass is 300 g/mol. The van der Waals surface area contributed by atoms with Gasteiger partial charge in [-0.3, -0.25) is 0 Å². The molecule has 0 radical (unpaired) electrons. The first kappa shape index (κ1) is 7.34. The average molecular weight is 301 g/mol. The van der Waals surface area contributed by atoms with E-state index < -0.39 is 0 Å². The molecule has 2 aromatic heterocycles. The number of rotatable bonds is 0. The van der Waals surface area contributed by atoms with Gasteiger partial charge in [0.05, 0.1) is 9.04 Å². The van der Waals surface area contributed by atoms with E-state index in [1.807, 2.05) is 5.38 Å². The van der Waals surface area contributed by atoms with Crippen molar-refractivity contribution in [3.63, 3.8) is 0 Å². The third-order valence-electron chi connectivity index (χ3n) is 1.22. The van der Waals surface area contributed by atoms with Gasteiger partial charge in [0.15, 0.2) is 0 Å². The number of fused-ring (bicyclic) bond motifs is 1. The molecule has 0 N–H and O–H groups in total. The summed E-state index contributed by atoms with van der Waals surface area (Å²) in [7, 11) is 0. The third-order valence-corrected chi connectivity index (χ3v) is 5.04. The molecule has 0 fully saturated rings. The SMILES string of the molecule is Clc1csc2scc(I)c12. The lowest BCUT2D eigenvalue weighted by molar-refractivity contribution is 1.98. The highest BCUT2D eigenvalue weighted by Gasteiger charge is 2.06. The third kappa shape index (κ3) is 0.995. The van der Waals surface area contributed by atoms with Crippen molar-refractivity contribution in [3.05, 3.63) is 19.4 Å². The fraction of sp³-hybridized carbons (Fsp3) is 0. The van der Waals surface area contributed by atoms with Crippen molar-refractivity contribution in [1.29, 1.82) is 0 Å². The van der Waals surface area contributed by atoms with Crippen molar-refractivity contribution in [2.75, 3.05) is 0 Å². The zero-order valence-electron chi connectivity index (χ0n) is 4.73. The van der Waals surface area contributed by atoms with Gasteiger partial charge in [0.2, 0.25) is 0 Å². The minimum Gasteiger partial charge on any atom is -0.132 e. The van der Waals surface area contributed by atoms with Crippen molar-refractivity contribution in [3.8, 4) is 0 Å². The van der Waals surface area contributed by atoms with Crippen LogP contribution in [0.1, 0.15) is 0 Å². The van der Waals surface area contributed by atoms with Crippen LogP contribution in [0.25, 0.3) is 9.40 Å². The number of hydrogen-bond acceptors (Lipinski definition) is 2. The van der Waals surface area contributed by atoms with Gasteiger partial charge in [0.1, 0.15) is 0 Å². The van der Waals surface area contributed by atoms with Gasteiger partial charge in [-0.15, -0.1) is 22.7 Å². The molecule has 10 heavy (non-hydrogen) atoms. The normalized spacial score (nSPS) is 11.0. The summed E-state index contributed by atoms with van der Waals surface area (Å²) in [5, 5.41) is 6.25. The highest BCUT2D eigenvalue weighted by molar-refractivity contribution is 14.1. The Morgan fingerprint density at radius 1 is 1.30 bits per heavy atom. The van der Waals surface area contributed by atoms with Crippen molar-refractivity contribution < 1.29 is 0 Å². The lowest BCUT2D eigenvalue weighted by Crippen LogP contribution is -1.58. The Kier molecular flexibility index (Phi) is 1.92. The van der Waals surface area contributed by atoms with Crippen LogP contribution in [0.15, 0.2) is 10.8 Å². The largest absolute Gasteiger partial charge is 0.132 e. The van der Waals surface area contributed by atoms with Crippen LogP contribution in [0, 0.1) is 3.57 Å². The molecule has 0 unspecified atom stereocenters. The standard InChI is InChI=1S/C6H2ClIS2/c7-3-1-9-6-5(3)4(8)2-10-6/h1-2H. The maximum absolute atomic E-state index is 5.93. The van der Waals surface area contributed by atoms with Crippen molar-refractivity contribution in [1.82, 2.24) is 0 Å². The molecule has 0 amide bonds.